The van der Waals surface area contributed by atoms with E-state index in [4.69, 9.17) is 0 Å². The lowest BCUT2D eigenvalue weighted by molar-refractivity contribution is 0.248. The number of aromatic nitrogens is 3. The van der Waals surface area contributed by atoms with E-state index in [0.717, 1.165) is 30.8 Å². The predicted molar refractivity (Wildman–Crippen MR) is 80.0 cm³/mol. The van der Waals surface area contributed by atoms with Gasteiger partial charge in [-0.15, -0.1) is 0 Å². The van der Waals surface area contributed by atoms with Gasteiger partial charge in [0, 0.05) is 38.1 Å². The van der Waals surface area contributed by atoms with Crippen molar-refractivity contribution in [1.82, 2.24) is 19.9 Å². The van der Waals surface area contributed by atoms with Crippen LogP contribution in [0.4, 0.5) is 10.5 Å². The second-order valence-corrected chi connectivity index (χ2v) is 5.48. The number of hydrogen-bond donors (Lipinski definition) is 2. The number of imidazole rings is 1. The maximum atomic E-state index is 11.9. The van der Waals surface area contributed by atoms with Crippen LogP contribution in [0, 0.1) is 12.8 Å². The van der Waals surface area contributed by atoms with Gasteiger partial charge in [0.25, 0.3) is 0 Å². The normalized spacial score (nSPS) is 17.1. The average Bonchev–Trinajstić information content (AvgIpc) is 2.92. The number of carbonyl (C=O) groups excluding carboxylic acids is 1. The summed E-state index contributed by atoms with van der Waals surface area (Å²) >= 11 is 0. The summed E-state index contributed by atoms with van der Waals surface area (Å²) in [6.07, 6.45) is 9.23. The largest absolute Gasteiger partial charge is 0.338 e. The van der Waals surface area contributed by atoms with Crippen molar-refractivity contribution < 1.29 is 4.79 Å². The summed E-state index contributed by atoms with van der Waals surface area (Å²) in [6.45, 7) is 3.59. The summed E-state index contributed by atoms with van der Waals surface area (Å²) in [5.74, 6) is 1.55. The highest BCUT2D eigenvalue weighted by Gasteiger charge is 2.19. The van der Waals surface area contributed by atoms with E-state index in [-0.39, 0.29) is 6.03 Å². The van der Waals surface area contributed by atoms with E-state index in [2.05, 4.69) is 25.2 Å². The minimum absolute atomic E-state index is 0.184. The van der Waals surface area contributed by atoms with Gasteiger partial charge in [0.05, 0.1) is 11.9 Å². The van der Waals surface area contributed by atoms with E-state index in [1.54, 1.807) is 12.4 Å². The van der Waals surface area contributed by atoms with Crippen molar-refractivity contribution in [3.05, 3.63) is 42.2 Å². The first-order chi connectivity index (χ1) is 10.2. The molecule has 0 radical (unpaired) electrons. The molecular weight excluding hydrogens is 266 g/mol. The fourth-order valence-electron chi connectivity index (χ4n) is 2.63. The number of aryl methyl sites for hydroxylation is 2. The highest BCUT2D eigenvalue weighted by Crippen LogP contribution is 2.18. The van der Waals surface area contributed by atoms with E-state index in [0.29, 0.717) is 18.2 Å². The van der Waals surface area contributed by atoms with Gasteiger partial charge in [-0.3, -0.25) is 4.98 Å². The van der Waals surface area contributed by atoms with Crippen molar-refractivity contribution in [3.63, 3.8) is 0 Å². The zero-order valence-electron chi connectivity index (χ0n) is 12.0. The van der Waals surface area contributed by atoms with E-state index in [1.165, 1.54) is 0 Å². The van der Waals surface area contributed by atoms with Crippen LogP contribution in [0.5, 0.6) is 0 Å². The Morgan fingerprint density at radius 2 is 2.38 bits per heavy atom. The topological polar surface area (TPSA) is 71.8 Å². The fraction of sp³-hybridized carbons (Fsp3) is 0.400. The summed E-state index contributed by atoms with van der Waals surface area (Å²) in [7, 11) is 0. The molecule has 0 aliphatic carbocycles. The predicted octanol–water partition coefficient (Wildman–Crippen LogP) is 1.97. The molecule has 1 aliphatic heterocycles. The van der Waals surface area contributed by atoms with Crippen molar-refractivity contribution in [2.45, 2.75) is 26.3 Å². The summed E-state index contributed by atoms with van der Waals surface area (Å²) < 4.78 is 2.18. The van der Waals surface area contributed by atoms with Crippen LogP contribution in [0.25, 0.3) is 0 Å². The van der Waals surface area contributed by atoms with Crippen molar-refractivity contribution in [3.8, 4) is 0 Å². The molecule has 2 aromatic heterocycles. The van der Waals surface area contributed by atoms with Gasteiger partial charge >= 0.3 is 6.03 Å². The number of urea groups is 1. The molecule has 0 saturated carbocycles. The fourth-order valence-corrected chi connectivity index (χ4v) is 2.63. The van der Waals surface area contributed by atoms with Gasteiger partial charge < -0.3 is 15.2 Å². The molecule has 0 aromatic carbocycles. The van der Waals surface area contributed by atoms with Gasteiger partial charge in [-0.2, -0.15) is 0 Å². The van der Waals surface area contributed by atoms with Crippen LogP contribution < -0.4 is 10.6 Å². The molecule has 0 saturated heterocycles. The third kappa shape index (κ3) is 3.39. The summed E-state index contributed by atoms with van der Waals surface area (Å²) in [6, 6.07) is 1.71. The molecule has 1 atom stereocenters. The van der Waals surface area contributed by atoms with Crippen LogP contribution in [-0.4, -0.2) is 27.1 Å². The Bertz CT molecular complexity index is 636. The Hall–Kier alpha value is -2.37. The molecule has 6 nitrogen and oxygen atoms in total. The zero-order chi connectivity index (χ0) is 14.7. The van der Waals surface area contributed by atoms with Crippen molar-refractivity contribution in [2.75, 3.05) is 11.9 Å². The van der Waals surface area contributed by atoms with Crippen LogP contribution in [0.3, 0.4) is 0 Å². The molecule has 0 bridgehead atoms. The second kappa shape index (κ2) is 5.95. The Morgan fingerprint density at radius 1 is 1.48 bits per heavy atom. The van der Waals surface area contributed by atoms with E-state index >= 15 is 0 Å². The van der Waals surface area contributed by atoms with E-state index in [9.17, 15) is 4.79 Å². The minimum Gasteiger partial charge on any atom is -0.338 e. The lowest BCUT2D eigenvalue weighted by Crippen LogP contribution is -2.35. The highest BCUT2D eigenvalue weighted by atomic mass is 16.2. The van der Waals surface area contributed by atoms with Crippen LogP contribution in [0.15, 0.2) is 30.9 Å². The standard InChI is InChI=1S/C15H19N5O/c1-11-6-13(10-16-8-11)19-15(21)18-9-12-2-4-20-5-3-17-14(20)7-12/h3,5-6,8,10,12H,2,4,7,9H2,1H3,(H2,18,19,21)/t12-/m0/s1. The molecule has 3 heterocycles. The number of nitrogens with one attached hydrogen (secondary N) is 2. The Kier molecular flexibility index (Phi) is 3.85. The number of rotatable bonds is 3. The molecule has 3 rings (SSSR count). The minimum atomic E-state index is -0.184. The quantitative estimate of drug-likeness (QED) is 0.905. The number of pyridine rings is 1. The molecule has 2 amide bonds. The van der Waals surface area contributed by atoms with E-state index in [1.807, 2.05) is 25.4 Å². The molecule has 21 heavy (non-hydrogen) atoms. The first-order valence-electron chi connectivity index (χ1n) is 7.17. The third-order valence-electron chi connectivity index (χ3n) is 3.74. The summed E-state index contributed by atoms with van der Waals surface area (Å²) in [5, 5.41) is 5.73. The SMILES string of the molecule is Cc1cncc(NC(=O)NC[C@H]2CCn3ccnc3C2)c1. The first kappa shape index (κ1) is 13.6. The third-order valence-corrected chi connectivity index (χ3v) is 3.74. The molecule has 110 valence electrons. The van der Waals surface area contributed by atoms with Gasteiger partial charge in [0.15, 0.2) is 0 Å². The number of fused-ring (bicyclic) bond motifs is 1. The molecule has 0 fully saturated rings. The molecule has 0 spiro atoms. The lowest BCUT2D eigenvalue weighted by atomic mass is 9.98. The summed E-state index contributed by atoms with van der Waals surface area (Å²) in [5.41, 5.74) is 1.73. The van der Waals surface area contributed by atoms with Crippen LogP contribution in [-0.2, 0) is 13.0 Å². The van der Waals surface area contributed by atoms with Gasteiger partial charge in [0.2, 0.25) is 0 Å². The smallest absolute Gasteiger partial charge is 0.319 e. The Morgan fingerprint density at radius 3 is 3.24 bits per heavy atom. The van der Waals surface area contributed by atoms with Crippen molar-refractivity contribution in [1.29, 1.82) is 0 Å². The monoisotopic (exact) mass is 285 g/mol. The molecule has 0 unspecified atom stereocenters. The van der Waals surface area contributed by atoms with Crippen LogP contribution in [0.1, 0.15) is 17.8 Å². The van der Waals surface area contributed by atoms with Crippen LogP contribution >= 0.6 is 0 Å². The maximum absolute atomic E-state index is 11.9. The average molecular weight is 285 g/mol. The first-order valence-corrected chi connectivity index (χ1v) is 7.17. The number of amides is 2. The maximum Gasteiger partial charge on any atom is 0.319 e. The Labute approximate surface area is 123 Å². The number of anilines is 1. The van der Waals surface area contributed by atoms with Crippen molar-refractivity contribution >= 4 is 11.7 Å². The zero-order valence-corrected chi connectivity index (χ0v) is 12.0. The van der Waals surface area contributed by atoms with E-state index < -0.39 is 0 Å². The molecule has 2 aromatic rings. The van der Waals surface area contributed by atoms with Crippen LogP contribution in [0.2, 0.25) is 0 Å². The second-order valence-electron chi connectivity index (χ2n) is 5.48. The summed E-state index contributed by atoms with van der Waals surface area (Å²) in [4.78, 5) is 20.3. The van der Waals surface area contributed by atoms with Crippen molar-refractivity contribution in [2.24, 2.45) is 5.92 Å². The van der Waals surface area contributed by atoms with Gasteiger partial charge in [-0.1, -0.05) is 0 Å². The Balaban J connectivity index is 1.48. The van der Waals surface area contributed by atoms with Gasteiger partial charge in [-0.25, -0.2) is 9.78 Å². The molecule has 6 heteroatoms. The van der Waals surface area contributed by atoms with Gasteiger partial charge in [0.1, 0.15) is 5.82 Å². The number of carbonyl (C=O) groups is 1. The number of hydrogen-bond acceptors (Lipinski definition) is 3. The molecule has 2 N–H and O–H groups in total. The highest BCUT2D eigenvalue weighted by molar-refractivity contribution is 5.89. The molecule has 1 aliphatic rings. The van der Waals surface area contributed by atoms with Gasteiger partial charge in [-0.05, 0) is 30.9 Å². The lowest BCUT2D eigenvalue weighted by Gasteiger charge is -2.23. The number of nitrogens with zero attached hydrogens (tertiary/aromatic N) is 3. The molecular formula is C15H19N5O.